The molecule has 1 saturated heterocycles. The van der Waals surface area contributed by atoms with Crippen LogP contribution in [0.25, 0.3) is 10.9 Å². The zero-order chi connectivity index (χ0) is 22.5. The number of amides is 1. The number of halogens is 1. The Bertz CT molecular complexity index is 1100. The van der Waals surface area contributed by atoms with Gasteiger partial charge >= 0.3 is 0 Å². The molecule has 1 aliphatic rings. The molecule has 3 N–H and O–H groups in total. The van der Waals surface area contributed by atoms with Crippen LogP contribution in [0, 0.1) is 5.92 Å². The van der Waals surface area contributed by atoms with Gasteiger partial charge in [-0.3, -0.25) is 9.78 Å². The summed E-state index contributed by atoms with van der Waals surface area (Å²) in [4.78, 5) is 19.3. The Hall–Kier alpha value is -2.67. The van der Waals surface area contributed by atoms with Gasteiger partial charge < -0.3 is 20.6 Å². The summed E-state index contributed by atoms with van der Waals surface area (Å²) in [5.41, 5.74) is 3.83. The van der Waals surface area contributed by atoms with Gasteiger partial charge in [-0.1, -0.05) is 18.5 Å². The zero-order valence-corrected chi connectivity index (χ0v) is 19.0. The van der Waals surface area contributed by atoms with Crippen molar-refractivity contribution in [2.24, 2.45) is 5.92 Å². The van der Waals surface area contributed by atoms with E-state index in [2.05, 4.69) is 27.4 Å². The summed E-state index contributed by atoms with van der Waals surface area (Å²) in [5, 5.41) is 17.7. The average Bonchev–Trinajstić information content (AvgIpc) is 2.78. The van der Waals surface area contributed by atoms with Gasteiger partial charge in [-0.2, -0.15) is 0 Å². The van der Waals surface area contributed by atoms with Crippen molar-refractivity contribution in [3.63, 3.8) is 0 Å². The van der Waals surface area contributed by atoms with Crippen molar-refractivity contribution in [1.82, 2.24) is 9.88 Å². The van der Waals surface area contributed by atoms with Crippen LogP contribution in [0.3, 0.4) is 0 Å². The Morgan fingerprint density at radius 2 is 1.94 bits per heavy atom. The molecule has 7 heteroatoms. The maximum absolute atomic E-state index is 12.6. The van der Waals surface area contributed by atoms with E-state index in [1.54, 1.807) is 12.3 Å². The van der Waals surface area contributed by atoms with E-state index >= 15 is 0 Å². The van der Waals surface area contributed by atoms with Crippen molar-refractivity contribution in [3.05, 3.63) is 59.2 Å². The zero-order valence-electron chi connectivity index (χ0n) is 18.3. The largest absolute Gasteiger partial charge is 0.392 e. The number of benzene rings is 2. The monoisotopic (exact) mass is 452 g/mol. The molecular weight excluding hydrogens is 424 g/mol. The van der Waals surface area contributed by atoms with Crippen molar-refractivity contribution < 1.29 is 9.90 Å². The number of nitrogens with one attached hydrogen (secondary N) is 2. The molecule has 0 saturated carbocycles. The number of carbonyl (C=O) groups is 1. The number of hydrogen-bond acceptors (Lipinski definition) is 5. The lowest BCUT2D eigenvalue weighted by molar-refractivity contribution is -0.116. The lowest BCUT2D eigenvalue weighted by Gasteiger charge is -2.29. The number of piperidine rings is 1. The average molecular weight is 453 g/mol. The number of aliphatic hydroxyl groups excluding tert-OH is 1. The molecule has 1 aromatic heterocycles. The van der Waals surface area contributed by atoms with Crippen LogP contribution in [-0.2, 0) is 11.4 Å². The van der Waals surface area contributed by atoms with Crippen LogP contribution in [0.2, 0.25) is 5.02 Å². The molecule has 0 aliphatic carbocycles. The number of aliphatic hydroxyl groups is 1. The minimum Gasteiger partial charge on any atom is -0.392 e. The normalized spacial score (nSPS) is 15.1. The third kappa shape index (κ3) is 5.76. The molecule has 2 aromatic carbocycles. The summed E-state index contributed by atoms with van der Waals surface area (Å²) >= 11 is 6.09. The molecule has 1 amide bonds. The first-order chi connectivity index (χ1) is 15.5. The van der Waals surface area contributed by atoms with Crippen molar-refractivity contribution in [1.29, 1.82) is 0 Å². The highest BCUT2D eigenvalue weighted by molar-refractivity contribution is 6.31. The molecule has 4 rings (SSSR count). The van der Waals surface area contributed by atoms with Crippen molar-refractivity contribution in [3.8, 4) is 0 Å². The van der Waals surface area contributed by atoms with E-state index in [9.17, 15) is 9.90 Å². The molecule has 6 nitrogen and oxygen atoms in total. The van der Waals surface area contributed by atoms with Gasteiger partial charge in [-0.25, -0.2) is 0 Å². The lowest BCUT2D eigenvalue weighted by Crippen LogP contribution is -2.35. The van der Waals surface area contributed by atoms with Crippen LogP contribution < -0.4 is 10.6 Å². The molecule has 1 fully saturated rings. The predicted octanol–water partition coefficient (Wildman–Crippen LogP) is 5.18. The third-order valence-corrected chi connectivity index (χ3v) is 6.21. The van der Waals surface area contributed by atoms with E-state index in [1.165, 1.54) is 12.8 Å². The van der Waals surface area contributed by atoms with Gasteiger partial charge in [0.05, 0.1) is 12.1 Å². The van der Waals surface area contributed by atoms with E-state index in [1.807, 2.05) is 36.4 Å². The van der Waals surface area contributed by atoms with E-state index in [-0.39, 0.29) is 12.5 Å². The van der Waals surface area contributed by atoms with Crippen LogP contribution >= 0.6 is 11.6 Å². The summed E-state index contributed by atoms with van der Waals surface area (Å²) in [6, 6.07) is 13.0. The molecule has 32 heavy (non-hydrogen) atoms. The fraction of sp³-hybridized carbons (Fsp3) is 0.360. The summed E-state index contributed by atoms with van der Waals surface area (Å²) < 4.78 is 0. The number of hydrogen-bond donors (Lipinski definition) is 3. The van der Waals surface area contributed by atoms with Crippen molar-refractivity contribution in [2.45, 2.75) is 32.8 Å². The molecule has 0 radical (unpaired) electrons. The fourth-order valence-electron chi connectivity index (χ4n) is 4.08. The fourth-order valence-corrected chi connectivity index (χ4v) is 4.25. The highest BCUT2D eigenvalue weighted by Crippen LogP contribution is 2.29. The molecule has 0 bridgehead atoms. The summed E-state index contributed by atoms with van der Waals surface area (Å²) in [6.07, 6.45) is 4.58. The first-order valence-corrected chi connectivity index (χ1v) is 11.5. The second-order valence-corrected chi connectivity index (χ2v) is 8.98. The highest BCUT2D eigenvalue weighted by atomic mass is 35.5. The van der Waals surface area contributed by atoms with E-state index in [4.69, 9.17) is 11.6 Å². The van der Waals surface area contributed by atoms with Crippen molar-refractivity contribution in [2.75, 3.05) is 30.3 Å². The van der Waals surface area contributed by atoms with Gasteiger partial charge in [-0.05, 0) is 79.9 Å². The number of aromatic nitrogens is 1. The first-order valence-electron chi connectivity index (χ1n) is 11.1. The van der Waals surface area contributed by atoms with Crippen LogP contribution in [0.4, 0.5) is 17.1 Å². The smallest absolute Gasteiger partial charge is 0.225 e. The summed E-state index contributed by atoms with van der Waals surface area (Å²) in [7, 11) is 0. The Balaban J connectivity index is 1.45. The lowest BCUT2D eigenvalue weighted by atomic mass is 9.99. The molecule has 0 spiro atoms. The van der Waals surface area contributed by atoms with E-state index in [0.717, 1.165) is 53.4 Å². The minimum atomic E-state index is -0.114. The Kier molecular flexibility index (Phi) is 7.25. The number of pyridine rings is 1. The van der Waals surface area contributed by atoms with Crippen LogP contribution in [0.5, 0.6) is 0 Å². The number of fused-ring (bicyclic) bond motifs is 1. The first kappa shape index (κ1) is 22.5. The number of likely N-dealkylation sites (tertiary alicyclic amines) is 1. The molecule has 0 atom stereocenters. The quantitative estimate of drug-likeness (QED) is 0.460. The standard InChI is InChI=1S/C25H29ClN4O2/c1-17-5-9-30(10-6-17)11-7-25(32)29-21-13-18(16-31)12-20(15-21)28-23-4-8-27-24-14-19(26)2-3-22(23)24/h2-4,8,12-15,17,31H,5-7,9-11,16H2,1H3,(H,27,28)(H,29,32). The molecule has 2 heterocycles. The van der Waals surface area contributed by atoms with Crippen LogP contribution in [0.15, 0.2) is 48.7 Å². The number of anilines is 3. The summed E-state index contributed by atoms with van der Waals surface area (Å²) in [5.74, 6) is 0.760. The van der Waals surface area contributed by atoms with Gasteiger partial charge in [-0.15, -0.1) is 0 Å². The minimum absolute atomic E-state index is 0.0198. The maximum Gasteiger partial charge on any atom is 0.225 e. The van der Waals surface area contributed by atoms with E-state index < -0.39 is 0 Å². The number of nitrogens with zero attached hydrogens (tertiary/aromatic N) is 2. The Labute approximate surface area is 193 Å². The van der Waals surface area contributed by atoms with Gasteiger partial charge in [0.25, 0.3) is 0 Å². The van der Waals surface area contributed by atoms with Gasteiger partial charge in [0.15, 0.2) is 0 Å². The van der Waals surface area contributed by atoms with Crippen LogP contribution in [0.1, 0.15) is 31.7 Å². The topological polar surface area (TPSA) is 77.5 Å². The number of carbonyl (C=O) groups excluding carboxylic acids is 1. The second-order valence-electron chi connectivity index (χ2n) is 8.54. The molecular formula is C25H29ClN4O2. The summed E-state index contributed by atoms with van der Waals surface area (Å²) in [6.45, 7) is 5.07. The van der Waals surface area contributed by atoms with Gasteiger partial charge in [0.2, 0.25) is 5.91 Å². The highest BCUT2D eigenvalue weighted by Gasteiger charge is 2.16. The van der Waals surface area contributed by atoms with Crippen molar-refractivity contribution >= 4 is 45.5 Å². The Morgan fingerprint density at radius 3 is 2.72 bits per heavy atom. The SMILES string of the molecule is CC1CCN(CCC(=O)Nc2cc(CO)cc(Nc3ccnc4cc(Cl)ccc34)c2)CC1. The predicted molar refractivity (Wildman–Crippen MR) is 130 cm³/mol. The third-order valence-electron chi connectivity index (χ3n) is 5.97. The number of rotatable bonds is 7. The Morgan fingerprint density at radius 1 is 1.16 bits per heavy atom. The van der Waals surface area contributed by atoms with E-state index in [0.29, 0.717) is 17.1 Å². The molecule has 168 valence electrons. The molecule has 0 unspecified atom stereocenters. The molecule has 3 aromatic rings. The molecule has 1 aliphatic heterocycles. The van der Waals surface area contributed by atoms with Crippen LogP contribution in [-0.4, -0.2) is 40.5 Å². The maximum atomic E-state index is 12.6. The second kappa shape index (κ2) is 10.3. The van der Waals surface area contributed by atoms with Gasteiger partial charge in [0, 0.05) is 46.6 Å². The van der Waals surface area contributed by atoms with Gasteiger partial charge in [0.1, 0.15) is 0 Å².